The first kappa shape index (κ1) is 8.97. The average Bonchev–Trinajstić information content (AvgIpc) is 2.72. The summed E-state index contributed by atoms with van der Waals surface area (Å²) in [5.74, 6) is 0.0608. The molecule has 5 heteroatoms. The van der Waals surface area contributed by atoms with Gasteiger partial charge in [0.25, 0.3) is 5.91 Å². The molecule has 2 rings (SSSR count). The van der Waals surface area contributed by atoms with Crippen LogP contribution in [0.2, 0.25) is 0 Å². The molecule has 3 nitrogen and oxygen atoms in total. The lowest BCUT2D eigenvalue weighted by molar-refractivity contribution is 0.0797. The van der Waals surface area contributed by atoms with Gasteiger partial charge in [-0.3, -0.25) is 9.78 Å². The SMILES string of the molecule is O=C(c1cncs1)N1CCC(Cl)C1. The first-order valence-corrected chi connectivity index (χ1v) is 5.41. The van der Waals surface area contributed by atoms with Crippen LogP contribution in [-0.2, 0) is 0 Å². The van der Waals surface area contributed by atoms with E-state index in [1.54, 1.807) is 16.6 Å². The smallest absolute Gasteiger partial charge is 0.265 e. The summed E-state index contributed by atoms with van der Waals surface area (Å²) in [5.41, 5.74) is 1.67. The highest BCUT2D eigenvalue weighted by atomic mass is 35.5. The highest BCUT2D eigenvalue weighted by molar-refractivity contribution is 7.11. The largest absolute Gasteiger partial charge is 0.336 e. The van der Waals surface area contributed by atoms with E-state index in [1.807, 2.05) is 0 Å². The van der Waals surface area contributed by atoms with E-state index < -0.39 is 0 Å². The van der Waals surface area contributed by atoms with Crippen molar-refractivity contribution in [3.05, 3.63) is 16.6 Å². The van der Waals surface area contributed by atoms with E-state index in [0.29, 0.717) is 11.4 Å². The van der Waals surface area contributed by atoms with Crippen LogP contribution in [0.3, 0.4) is 0 Å². The van der Waals surface area contributed by atoms with Crippen LogP contribution in [0.15, 0.2) is 11.7 Å². The van der Waals surface area contributed by atoms with Crippen LogP contribution in [0.1, 0.15) is 16.1 Å². The Hall–Kier alpha value is -0.610. The van der Waals surface area contributed by atoms with Crippen molar-refractivity contribution < 1.29 is 4.79 Å². The van der Waals surface area contributed by atoms with Crippen molar-refractivity contribution in [3.8, 4) is 0 Å². The standard InChI is InChI=1S/C8H9ClN2OS/c9-6-1-2-11(4-6)8(12)7-3-10-5-13-7/h3,5-6H,1-2,4H2. The lowest BCUT2D eigenvalue weighted by Gasteiger charge is -2.13. The number of hydrogen-bond donors (Lipinski definition) is 0. The van der Waals surface area contributed by atoms with E-state index in [-0.39, 0.29) is 11.3 Å². The Kier molecular flexibility index (Phi) is 2.51. The Labute approximate surface area is 85.3 Å². The molecule has 0 bridgehead atoms. The van der Waals surface area contributed by atoms with Crippen molar-refractivity contribution in [1.82, 2.24) is 9.88 Å². The summed E-state index contributed by atoms with van der Waals surface area (Å²) in [6.07, 6.45) is 2.50. The Morgan fingerprint density at radius 3 is 3.15 bits per heavy atom. The van der Waals surface area contributed by atoms with Gasteiger partial charge in [0.15, 0.2) is 0 Å². The summed E-state index contributed by atoms with van der Waals surface area (Å²) in [4.78, 5) is 18.0. The molecular formula is C8H9ClN2OS. The van der Waals surface area contributed by atoms with E-state index in [0.717, 1.165) is 13.0 Å². The molecule has 70 valence electrons. The van der Waals surface area contributed by atoms with Crippen LogP contribution in [-0.4, -0.2) is 34.3 Å². The number of rotatable bonds is 1. The Morgan fingerprint density at radius 1 is 1.77 bits per heavy atom. The van der Waals surface area contributed by atoms with Gasteiger partial charge in [-0.25, -0.2) is 0 Å². The molecule has 1 aliphatic heterocycles. The predicted molar refractivity (Wildman–Crippen MR) is 52.3 cm³/mol. The van der Waals surface area contributed by atoms with Gasteiger partial charge in [-0.1, -0.05) is 0 Å². The molecule has 0 spiro atoms. The topological polar surface area (TPSA) is 33.2 Å². The van der Waals surface area contributed by atoms with Crippen LogP contribution in [0.4, 0.5) is 0 Å². The minimum atomic E-state index is 0.0608. The summed E-state index contributed by atoms with van der Waals surface area (Å²) < 4.78 is 0. The summed E-state index contributed by atoms with van der Waals surface area (Å²) in [6.45, 7) is 1.43. The van der Waals surface area contributed by atoms with Crippen molar-refractivity contribution in [2.45, 2.75) is 11.8 Å². The number of aromatic nitrogens is 1. The van der Waals surface area contributed by atoms with Crippen LogP contribution >= 0.6 is 22.9 Å². The monoisotopic (exact) mass is 216 g/mol. The maximum absolute atomic E-state index is 11.7. The molecule has 1 unspecified atom stereocenters. The Bertz CT molecular complexity index is 301. The van der Waals surface area contributed by atoms with Crippen LogP contribution in [0.5, 0.6) is 0 Å². The number of thiazole rings is 1. The highest BCUT2D eigenvalue weighted by Crippen LogP contribution is 2.18. The maximum Gasteiger partial charge on any atom is 0.265 e. The lowest BCUT2D eigenvalue weighted by Crippen LogP contribution is -2.28. The molecule has 1 atom stereocenters. The van der Waals surface area contributed by atoms with Gasteiger partial charge >= 0.3 is 0 Å². The van der Waals surface area contributed by atoms with E-state index in [9.17, 15) is 4.79 Å². The molecule has 1 aliphatic rings. The minimum Gasteiger partial charge on any atom is -0.336 e. The van der Waals surface area contributed by atoms with Crippen molar-refractivity contribution in [1.29, 1.82) is 0 Å². The molecule has 2 heterocycles. The van der Waals surface area contributed by atoms with E-state index >= 15 is 0 Å². The molecule has 1 fully saturated rings. The number of hydrogen-bond acceptors (Lipinski definition) is 3. The van der Waals surface area contributed by atoms with Crippen LogP contribution in [0.25, 0.3) is 0 Å². The number of alkyl halides is 1. The molecule has 1 aromatic heterocycles. The summed E-state index contributed by atoms with van der Waals surface area (Å²) in [7, 11) is 0. The third-order valence-corrected chi connectivity index (χ3v) is 3.18. The van der Waals surface area contributed by atoms with Gasteiger partial charge in [-0.15, -0.1) is 22.9 Å². The number of amides is 1. The minimum absolute atomic E-state index is 0.0608. The fourth-order valence-corrected chi connectivity index (χ4v) is 2.23. The number of likely N-dealkylation sites (tertiary alicyclic amines) is 1. The predicted octanol–water partition coefficient (Wildman–Crippen LogP) is 1.60. The molecule has 1 amide bonds. The summed E-state index contributed by atoms with van der Waals surface area (Å²) in [6, 6.07) is 0. The molecule has 1 saturated heterocycles. The third kappa shape index (κ3) is 1.84. The zero-order valence-corrected chi connectivity index (χ0v) is 8.51. The van der Waals surface area contributed by atoms with Crippen LogP contribution < -0.4 is 0 Å². The van der Waals surface area contributed by atoms with Gasteiger partial charge in [0.05, 0.1) is 17.1 Å². The van der Waals surface area contributed by atoms with Crippen molar-refractivity contribution in [2.24, 2.45) is 0 Å². The normalized spacial score (nSPS) is 22.2. The Morgan fingerprint density at radius 2 is 2.62 bits per heavy atom. The van der Waals surface area contributed by atoms with E-state index in [1.165, 1.54) is 11.3 Å². The van der Waals surface area contributed by atoms with Gasteiger partial charge < -0.3 is 4.90 Å². The van der Waals surface area contributed by atoms with E-state index in [2.05, 4.69) is 4.98 Å². The molecule has 0 aliphatic carbocycles. The highest BCUT2D eigenvalue weighted by Gasteiger charge is 2.25. The van der Waals surface area contributed by atoms with Crippen LogP contribution in [0, 0.1) is 0 Å². The Balaban J connectivity index is 2.06. The number of halogens is 1. The van der Waals surface area contributed by atoms with Crippen molar-refractivity contribution in [2.75, 3.05) is 13.1 Å². The lowest BCUT2D eigenvalue weighted by atomic mass is 10.4. The summed E-state index contributed by atoms with van der Waals surface area (Å²) in [5, 5.41) is 0.122. The van der Waals surface area contributed by atoms with Gasteiger partial charge in [0, 0.05) is 13.1 Å². The fraction of sp³-hybridized carbons (Fsp3) is 0.500. The third-order valence-electron chi connectivity index (χ3n) is 2.06. The van der Waals surface area contributed by atoms with Gasteiger partial charge in [0.1, 0.15) is 4.88 Å². The van der Waals surface area contributed by atoms with Gasteiger partial charge in [-0.05, 0) is 6.42 Å². The quantitative estimate of drug-likeness (QED) is 0.669. The van der Waals surface area contributed by atoms with Crippen molar-refractivity contribution >= 4 is 28.8 Å². The second-order valence-electron chi connectivity index (χ2n) is 3.00. The number of carbonyl (C=O) groups is 1. The second kappa shape index (κ2) is 3.64. The maximum atomic E-state index is 11.7. The van der Waals surface area contributed by atoms with Gasteiger partial charge in [-0.2, -0.15) is 0 Å². The average molecular weight is 217 g/mol. The first-order valence-electron chi connectivity index (χ1n) is 4.09. The number of nitrogens with zero attached hydrogens (tertiary/aromatic N) is 2. The summed E-state index contributed by atoms with van der Waals surface area (Å²) >= 11 is 7.28. The zero-order chi connectivity index (χ0) is 9.26. The van der Waals surface area contributed by atoms with Gasteiger partial charge in [0.2, 0.25) is 0 Å². The zero-order valence-electron chi connectivity index (χ0n) is 6.94. The van der Waals surface area contributed by atoms with E-state index in [4.69, 9.17) is 11.6 Å². The molecule has 0 aromatic carbocycles. The molecular weight excluding hydrogens is 208 g/mol. The second-order valence-corrected chi connectivity index (χ2v) is 4.51. The number of carbonyl (C=O) groups excluding carboxylic acids is 1. The molecule has 13 heavy (non-hydrogen) atoms. The fourth-order valence-electron chi connectivity index (χ4n) is 1.38. The molecule has 0 radical (unpaired) electrons. The molecule has 0 saturated carbocycles. The van der Waals surface area contributed by atoms with Crippen molar-refractivity contribution in [3.63, 3.8) is 0 Å². The molecule has 0 N–H and O–H groups in total. The first-order chi connectivity index (χ1) is 6.27. The molecule has 1 aromatic rings.